The van der Waals surface area contributed by atoms with Crippen LogP contribution in [-0.2, 0) is 0 Å². The van der Waals surface area contributed by atoms with Gasteiger partial charge in [0.2, 0.25) is 0 Å². The topological polar surface area (TPSA) is 0 Å². The SMILES string of the molecule is C.C.CC(C)CCCCCC(C)C. The molecule has 0 amide bonds. The van der Waals surface area contributed by atoms with Gasteiger partial charge >= 0.3 is 0 Å². The largest absolute Gasteiger partial charge is 0.0776 e. The van der Waals surface area contributed by atoms with E-state index in [1.54, 1.807) is 0 Å². The van der Waals surface area contributed by atoms with E-state index in [-0.39, 0.29) is 14.9 Å². The van der Waals surface area contributed by atoms with Gasteiger partial charge in [-0.05, 0) is 11.8 Å². The van der Waals surface area contributed by atoms with E-state index in [9.17, 15) is 0 Å². The minimum atomic E-state index is 0. The molecule has 0 spiro atoms. The molecule has 0 heteroatoms. The van der Waals surface area contributed by atoms with E-state index in [4.69, 9.17) is 0 Å². The molecule has 13 heavy (non-hydrogen) atoms. The first kappa shape index (κ1) is 18.7. The summed E-state index contributed by atoms with van der Waals surface area (Å²) in [5.41, 5.74) is 0. The summed E-state index contributed by atoms with van der Waals surface area (Å²) in [6.45, 7) is 9.23. The molecule has 0 rings (SSSR count). The molecular formula is C13H32. The lowest BCUT2D eigenvalue weighted by Crippen LogP contribution is -1.89. The van der Waals surface area contributed by atoms with Gasteiger partial charge in [-0.2, -0.15) is 0 Å². The van der Waals surface area contributed by atoms with Crippen molar-refractivity contribution in [1.82, 2.24) is 0 Å². The van der Waals surface area contributed by atoms with E-state index < -0.39 is 0 Å². The van der Waals surface area contributed by atoms with Gasteiger partial charge in [-0.1, -0.05) is 74.7 Å². The first-order valence-electron chi connectivity index (χ1n) is 5.13. The summed E-state index contributed by atoms with van der Waals surface area (Å²) >= 11 is 0. The minimum absolute atomic E-state index is 0. The predicted molar refractivity (Wildman–Crippen MR) is 66.2 cm³/mol. The maximum absolute atomic E-state index is 2.31. The Bertz CT molecular complexity index is 62.1. The zero-order chi connectivity index (χ0) is 8.69. The second-order valence-corrected chi connectivity index (χ2v) is 4.43. The zero-order valence-corrected chi connectivity index (χ0v) is 8.69. The minimum Gasteiger partial charge on any atom is -0.0776 e. The summed E-state index contributed by atoms with van der Waals surface area (Å²) in [6, 6.07) is 0. The van der Waals surface area contributed by atoms with Crippen molar-refractivity contribution < 1.29 is 0 Å². The maximum Gasteiger partial charge on any atom is -0.0471 e. The molecule has 0 aromatic carbocycles. The Kier molecular flexibility index (Phi) is 17.3. The fourth-order valence-electron chi connectivity index (χ4n) is 1.28. The van der Waals surface area contributed by atoms with Crippen LogP contribution in [0, 0.1) is 11.8 Å². The molecule has 0 aliphatic heterocycles. The van der Waals surface area contributed by atoms with Crippen LogP contribution >= 0.6 is 0 Å². The van der Waals surface area contributed by atoms with Crippen molar-refractivity contribution in [1.29, 1.82) is 0 Å². The van der Waals surface area contributed by atoms with Crippen LogP contribution in [0.4, 0.5) is 0 Å². The Morgan fingerprint density at radius 2 is 0.923 bits per heavy atom. The van der Waals surface area contributed by atoms with Crippen molar-refractivity contribution in [3.8, 4) is 0 Å². The predicted octanol–water partition coefficient (Wildman–Crippen LogP) is 5.52. The van der Waals surface area contributed by atoms with Crippen LogP contribution in [0.15, 0.2) is 0 Å². The van der Waals surface area contributed by atoms with Crippen molar-refractivity contribution in [2.24, 2.45) is 11.8 Å². The van der Waals surface area contributed by atoms with Gasteiger partial charge in [0.25, 0.3) is 0 Å². The smallest absolute Gasteiger partial charge is 0.0471 e. The lowest BCUT2D eigenvalue weighted by Gasteiger charge is -2.05. The highest BCUT2D eigenvalue weighted by molar-refractivity contribution is 4.49. The highest BCUT2D eigenvalue weighted by atomic mass is 14.0. The Labute approximate surface area is 87.1 Å². The van der Waals surface area contributed by atoms with Gasteiger partial charge in [0.1, 0.15) is 0 Å². The molecule has 0 saturated heterocycles. The number of rotatable bonds is 6. The van der Waals surface area contributed by atoms with Gasteiger partial charge in [0.15, 0.2) is 0 Å². The van der Waals surface area contributed by atoms with Crippen molar-refractivity contribution in [2.45, 2.75) is 74.7 Å². The van der Waals surface area contributed by atoms with E-state index in [2.05, 4.69) is 27.7 Å². The summed E-state index contributed by atoms with van der Waals surface area (Å²) < 4.78 is 0. The third kappa shape index (κ3) is 18.8. The molecule has 0 heterocycles. The second-order valence-electron chi connectivity index (χ2n) is 4.43. The van der Waals surface area contributed by atoms with E-state index in [1.165, 1.54) is 32.1 Å². The summed E-state index contributed by atoms with van der Waals surface area (Å²) in [7, 11) is 0. The molecule has 0 aliphatic carbocycles. The quantitative estimate of drug-likeness (QED) is 0.481. The molecule has 0 fully saturated rings. The fourth-order valence-corrected chi connectivity index (χ4v) is 1.28. The molecule has 0 radical (unpaired) electrons. The normalized spacial score (nSPS) is 9.69. The molecule has 0 aromatic rings. The number of hydrogen-bond acceptors (Lipinski definition) is 0. The van der Waals surface area contributed by atoms with Crippen LogP contribution in [0.25, 0.3) is 0 Å². The summed E-state index contributed by atoms with van der Waals surface area (Å²) in [5.74, 6) is 1.79. The molecule has 0 aliphatic rings. The Balaban J connectivity index is -0.000000500. The first-order chi connectivity index (χ1) is 5.13. The van der Waals surface area contributed by atoms with E-state index >= 15 is 0 Å². The maximum atomic E-state index is 2.31. The zero-order valence-electron chi connectivity index (χ0n) is 8.69. The van der Waals surface area contributed by atoms with E-state index in [1.807, 2.05) is 0 Å². The van der Waals surface area contributed by atoms with Crippen molar-refractivity contribution in [2.75, 3.05) is 0 Å². The van der Waals surface area contributed by atoms with E-state index in [0.717, 1.165) is 11.8 Å². The average molecular weight is 188 g/mol. The van der Waals surface area contributed by atoms with Crippen LogP contribution in [-0.4, -0.2) is 0 Å². The molecule has 0 bridgehead atoms. The number of hydrogen-bond donors (Lipinski definition) is 0. The van der Waals surface area contributed by atoms with Crippen LogP contribution < -0.4 is 0 Å². The molecule has 0 aromatic heterocycles. The molecular weight excluding hydrogens is 156 g/mol. The average Bonchev–Trinajstić information content (AvgIpc) is 1.85. The highest BCUT2D eigenvalue weighted by Crippen LogP contribution is 2.12. The summed E-state index contributed by atoms with van der Waals surface area (Å²) in [4.78, 5) is 0. The van der Waals surface area contributed by atoms with Crippen molar-refractivity contribution in [3.05, 3.63) is 0 Å². The summed E-state index contributed by atoms with van der Waals surface area (Å²) in [6.07, 6.45) is 7.14. The molecule has 0 N–H and O–H groups in total. The Hall–Kier alpha value is 0. The third-order valence-corrected chi connectivity index (χ3v) is 2.06. The highest BCUT2D eigenvalue weighted by Gasteiger charge is 1.95. The molecule has 0 unspecified atom stereocenters. The summed E-state index contributed by atoms with van der Waals surface area (Å²) in [5, 5.41) is 0. The molecule has 0 nitrogen and oxygen atoms in total. The van der Waals surface area contributed by atoms with Gasteiger partial charge in [-0.15, -0.1) is 0 Å². The molecule has 0 saturated carbocycles. The second kappa shape index (κ2) is 12.0. The third-order valence-electron chi connectivity index (χ3n) is 2.06. The van der Waals surface area contributed by atoms with Crippen LogP contribution in [0.5, 0.6) is 0 Å². The van der Waals surface area contributed by atoms with Gasteiger partial charge in [-0.3, -0.25) is 0 Å². The van der Waals surface area contributed by atoms with Gasteiger partial charge in [0, 0.05) is 0 Å². The van der Waals surface area contributed by atoms with Gasteiger partial charge < -0.3 is 0 Å². The number of unbranched alkanes of at least 4 members (excludes halogenated alkanes) is 2. The van der Waals surface area contributed by atoms with Crippen LogP contribution in [0.1, 0.15) is 74.7 Å². The monoisotopic (exact) mass is 188 g/mol. The van der Waals surface area contributed by atoms with Crippen molar-refractivity contribution >= 4 is 0 Å². The molecule has 0 atom stereocenters. The van der Waals surface area contributed by atoms with E-state index in [0.29, 0.717) is 0 Å². The van der Waals surface area contributed by atoms with Crippen LogP contribution in [0.2, 0.25) is 0 Å². The Morgan fingerprint density at radius 3 is 1.15 bits per heavy atom. The van der Waals surface area contributed by atoms with Gasteiger partial charge in [0.05, 0.1) is 0 Å². The van der Waals surface area contributed by atoms with Gasteiger partial charge in [-0.25, -0.2) is 0 Å². The molecule has 84 valence electrons. The van der Waals surface area contributed by atoms with Crippen molar-refractivity contribution in [3.63, 3.8) is 0 Å². The first-order valence-corrected chi connectivity index (χ1v) is 5.13. The lowest BCUT2D eigenvalue weighted by molar-refractivity contribution is 0.486. The lowest BCUT2D eigenvalue weighted by atomic mass is 10.0. The van der Waals surface area contributed by atoms with Crippen LogP contribution in [0.3, 0.4) is 0 Å². The Morgan fingerprint density at radius 1 is 0.615 bits per heavy atom. The fraction of sp³-hybridized carbons (Fsp3) is 1.00. The standard InChI is InChI=1S/C11H24.2CH4/c1-10(2)8-6-5-7-9-11(3)4;;/h10-11H,5-9H2,1-4H3;2*1H4.